The van der Waals surface area contributed by atoms with Gasteiger partial charge in [-0.2, -0.15) is 0 Å². The van der Waals surface area contributed by atoms with Crippen LogP contribution in [0.4, 0.5) is 8.78 Å². The SMILES string of the molecule is C=CCOCc1c(F)cc(C2CCC([C@H]3CC[C@H](CCCCC)CC3)CC2)cc1F. The van der Waals surface area contributed by atoms with Crippen LogP contribution < -0.4 is 0 Å². The third-order valence-corrected chi connectivity index (χ3v) is 7.66. The van der Waals surface area contributed by atoms with E-state index in [9.17, 15) is 8.78 Å². The molecule has 0 radical (unpaired) electrons. The molecule has 3 rings (SSSR count). The van der Waals surface area contributed by atoms with Gasteiger partial charge in [-0.05, 0) is 79.9 Å². The van der Waals surface area contributed by atoms with Gasteiger partial charge in [0.15, 0.2) is 0 Å². The number of unbranched alkanes of at least 4 members (excludes halogenated alkanes) is 2. The molecule has 0 unspecified atom stereocenters. The summed E-state index contributed by atoms with van der Waals surface area (Å²) in [7, 11) is 0. The van der Waals surface area contributed by atoms with E-state index in [-0.39, 0.29) is 12.2 Å². The quantitative estimate of drug-likeness (QED) is 0.274. The monoisotopic (exact) mass is 418 g/mol. The third-order valence-electron chi connectivity index (χ3n) is 7.66. The Morgan fingerprint density at radius 1 is 0.933 bits per heavy atom. The average molecular weight is 419 g/mol. The molecule has 3 heteroatoms. The Kier molecular flexibility index (Phi) is 9.36. The second-order valence-corrected chi connectivity index (χ2v) is 9.66. The Morgan fingerprint density at radius 3 is 2.10 bits per heavy atom. The largest absolute Gasteiger partial charge is 0.373 e. The van der Waals surface area contributed by atoms with E-state index in [0.29, 0.717) is 12.5 Å². The Balaban J connectivity index is 1.47. The van der Waals surface area contributed by atoms with Gasteiger partial charge >= 0.3 is 0 Å². The third kappa shape index (κ3) is 6.39. The lowest BCUT2D eigenvalue weighted by Gasteiger charge is -2.38. The van der Waals surface area contributed by atoms with Crippen LogP contribution in [-0.2, 0) is 11.3 Å². The van der Waals surface area contributed by atoms with Crippen LogP contribution >= 0.6 is 0 Å². The smallest absolute Gasteiger partial charge is 0.131 e. The van der Waals surface area contributed by atoms with E-state index in [1.54, 1.807) is 18.2 Å². The van der Waals surface area contributed by atoms with Gasteiger partial charge in [0.1, 0.15) is 11.6 Å². The molecule has 2 aliphatic carbocycles. The van der Waals surface area contributed by atoms with Crippen molar-refractivity contribution in [1.29, 1.82) is 0 Å². The molecular weight excluding hydrogens is 378 g/mol. The summed E-state index contributed by atoms with van der Waals surface area (Å²) in [4.78, 5) is 0. The second-order valence-electron chi connectivity index (χ2n) is 9.66. The summed E-state index contributed by atoms with van der Waals surface area (Å²) in [6, 6.07) is 3.09. The fourth-order valence-corrected chi connectivity index (χ4v) is 5.80. The Hall–Kier alpha value is -1.22. The van der Waals surface area contributed by atoms with Gasteiger partial charge in [0, 0.05) is 5.56 Å². The van der Waals surface area contributed by atoms with Crippen LogP contribution in [0.5, 0.6) is 0 Å². The average Bonchev–Trinajstić information content (AvgIpc) is 2.76. The molecule has 30 heavy (non-hydrogen) atoms. The Labute approximate surface area is 182 Å². The molecule has 0 aromatic heterocycles. The maximum Gasteiger partial charge on any atom is 0.131 e. The molecular formula is C27H40F2O. The van der Waals surface area contributed by atoms with Crippen molar-refractivity contribution in [2.75, 3.05) is 6.61 Å². The lowest BCUT2D eigenvalue weighted by atomic mass is 9.68. The van der Waals surface area contributed by atoms with E-state index >= 15 is 0 Å². The Morgan fingerprint density at radius 2 is 1.53 bits per heavy atom. The molecule has 0 aliphatic heterocycles. The van der Waals surface area contributed by atoms with E-state index in [2.05, 4.69) is 13.5 Å². The molecule has 2 aliphatic rings. The normalized spacial score (nSPS) is 27.2. The number of ether oxygens (including phenoxy) is 1. The van der Waals surface area contributed by atoms with Crippen LogP contribution in [0.15, 0.2) is 24.8 Å². The zero-order chi connectivity index (χ0) is 21.3. The fraction of sp³-hybridized carbons (Fsp3) is 0.704. The second kappa shape index (κ2) is 12.0. The number of halogens is 2. The van der Waals surface area contributed by atoms with Crippen molar-refractivity contribution in [3.63, 3.8) is 0 Å². The van der Waals surface area contributed by atoms with Gasteiger partial charge in [0.2, 0.25) is 0 Å². The molecule has 2 fully saturated rings. The molecule has 0 heterocycles. The van der Waals surface area contributed by atoms with E-state index in [1.165, 1.54) is 64.2 Å². The summed E-state index contributed by atoms with van der Waals surface area (Å²) in [5.74, 6) is 2.00. The van der Waals surface area contributed by atoms with E-state index < -0.39 is 11.6 Å². The topological polar surface area (TPSA) is 9.23 Å². The Bertz CT molecular complexity index is 632. The zero-order valence-corrected chi connectivity index (χ0v) is 18.8. The molecule has 0 amide bonds. The minimum absolute atomic E-state index is 0.0324. The molecule has 0 atom stereocenters. The van der Waals surface area contributed by atoms with Crippen molar-refractivity contribution in [3.8, 4) is 0 Å². The van der Waals surface area contributed by atoms with E-state index in [0.717, 1.165) is 36.2 Å². The van der Waals surface area contributed by atoms with Crippen LogP contribution in [0.25, 0.3) is 0 Å². The van der Waals surface area contributed by atoms with Gasteiger partial charge in [-0.15, -0.1) is 6.58 Å². The first-order valence-electron chi connectivity index (χ1n) is 12.3. The zero-order valence-electron chi connectivity index (χ0n) is 18.8. The number of hydrogen-bond donors (Lipinski definition) is 0. The van der Waals surface area contributed by atoms with Gasteiger partial charge < -0.3 is 4.74 Å². The van der Waals surface area contributed by atoms with Crippen molar-refractivity contribution >= 4 is 0 Å². The maximum atomic E-state index is 14.5. The van der Waals surface area contributed by atoms with Crippen molar-refractivity contribution in [2.45, 2.75) is 96.5 Å². The minimum Gasteiger partial charge on any atom is -0.373 e. The number of hydrogen-bond acceptors (Lipinski definition) is 1. The first kappa shape index (κ1) is 23.4. The summed E-state index contributed by atoms with van der Waals surface area (Å²) in [6.45, 7) is 6.09. The summed E-state index contributed by atoms with van der Waals surface area (Å²) < 4.78 is 34.2. The maximum absolute atomic E-state index is 14.5. The van der Waals surface area contributed by atoms with E-state index in [4.69, 9.17) is 4.74 Å². The molecule has 0 saturated heterocycles. The van der Waals surface area contributed by atoms with E-state index in [1.807, 2.05) is 0 Å². The molecule has 0 N–H and O–H groups in total. The molecule has 1 aromatic carbocycles. The van der Waals surface area contributed by atoms with Crippen molar-refractivity contribution in [3.05, 3.63) is 47.5 Å². The summed E-state index contributed by atoms with van der Waals surface area (Å²) >= 11 is 0. The first-order chi connectivity index (χ1) is 14.6. The van der Waals surface area contributed by atoms with Gasteiger partial charge in [0.25, 0.3) is 0 Å². The van der Waals surface area contributed by atoms with Gasteiger partial charge in [-0.25, -0.2) is 8.78 Å². The van der Waals surface area contributed by atoms with Crippen molar-refractivity contribution < 1.29 is 13.5 Å². The number of rotatable bonds is 10. The lowest BCUT2D eigenvalue weighted by molar-refractivity contribution is 0.142. The highest BCUT2D eigenvalue weighted by molar-refractivity contribution is 5.28. The van der Waals surface area contributed by atoms with Crippen molar-refractivity contribution in [2.24, 2.45) is 17.8 Å². The van der Waals surface area contributed by atoms with Crippen molar-refractivity contribution in [1.82, 2.24) is 0 Å². The molecule has 1 aromatic rings. The van der Waals surface area contributed by atoms with Crippen LogP contribution in [0.1, 0.15) is 101 Å². The van der Waals surface area contributed by atoms with Crippen LogP contribution in [0.3, 0.4) is 0 Å². The minimum atomic E-state index is -0.474. The highest BCUT2D eigenvalue weighted by Crippen LogP contribution is 2.44. The summed E-state index contributed by atoms with van der Waals surface area (Å²) in [6.07, 6.45) is 17.3. The lowest BCUT2D eigenvalue weighted by Crippen LogP contribution is -2.25. The standard InChI is InChI=1S/C27H40F2O/c1-3-5-6-7-20-8-10-21(11-9-20)22-12-14-23(15-13-22)24-17-26(28)25(27(29)18-24)19-30-16-4-2/h4,17-18,20-23H,2-3,5-16,19H2,1H3/t20-,21-,22?,23?. The summed E-state index contributed by atoms with van der Waals surface area (Å²) in [5.41, 5.74) is 0.862. The van der Waals surface area contributed by atoms with Crippen LogP contribution in [-0.4, -0.2) is 6.61 Å². The van der Waals surface area contributed by atoms with Crippen LogP contribution in [0.2, 0.25) is 0 Å². The van der Waals surface area contributed by atoms with Gasteiger partial charge in [-0.1, -0.05) is 51.5 Å². The predicted molar refractivity (Wildman–Crippen MR) is 121 cm³/mol. The highest BCUT2D eigenvalue weighted by Gasteiger charge is 2.31. The first-order valence-corrected chi connectivity index (χ1v) is 12.3. The molecule has 0 bridgehead atoms. The van der Waals surface area contributed by atoms with Gasteiger partial charge in [0.05, 0.1) is 13.2 Å². The van der Waals surface area contributed by atoms with Crippen LogP contribution in [0, 0.1) is 29.4 Å². The molecule has 168 valence electrons. The predicted octanol–water partition coefficient (Wildman–Crippen LogP) is 8.33. The molecule has 0 spiro atoms. The van der Waals surface area contributed by atoms with Gasteiger partial charge in [-0.3, -0.25) is 0 Å². The summed E-state index contributed by atoms with van der Waals surface area (Å²) in [5, 5.41) is 0. The molecule has 2 saturated carbocycles. The number of benzene rings is 1. The molecule has 1 nitrogen and oxygen atoms in total. The highest BCUT2D eigenvalue weighted by atomic mass is 19.1. The fourth-order valence-electron chi connectivity index (χ4n) is 5.80.